The number of anilines is 1. The van der Waals surface area contributed by atoms with Gasteiger partial charge in [-0.2, -0.15) is 5.26 Å². The van der Waals surface area contributed by atoms with Crippen LogP contribution in [0.4, 0.5) is 5.69 Å². The van der Waals surface area contributed by atoms with E-state index in [0.29, 0.717) is 39.4 Å². The summed E-state index contributed by atoms with van der Waals surface area (Å²) in [6, 6.07) is 19.6. The molecule has 0 aliphatic carbocycles. The van der Waals surface area contributed by atoms with E-state index in [1.54, 1.807) is 87.9 Å². The van der Waals surface area contributed by atoms with E-state index in [9.17, 15) is 14.7 Å². The van der Waals surface area contributed by atoms with Crippen molar-refractivity contribution in [3.05, 3.63) is 94.6 Å². The molecule has 0 spiro atoms. The van der Waals surface area contributed by atoms with Crippen molar-refractivity contribution in [1.29, 1.82) is 5.26 Å². The van der Waals surface area contributed by atoms with E-state index in [1.807, 2.05) is 6.07 Å². The van der Waals surface area contributed by atoms with Crippen molar-refractivity contribution in [2.45, 2.75) is 13.0 Å². The van der Waals surface area contributed by atoms with E-state index in [4.69, 9.17) is 14.7 Å². The maximum atomic E-state index is 13.3. The number of hydrogen-bond donors (Lipinski definition) is 1. The summed E-state index contributed by atoms with van der Waals surface area (Å²) in [6.07, 6.45) is 0. The summed E-state index contributed by atoms with van der Waals surface area (Å²) in [6.45, 7) is 1.79. The van der Waals surface area contributed by atoms with Gasteiger partial charge in [0.1, 0.15) is 17.3 Å². The first kappa shape index (κ1) is 22.6. The largest absolute Gasteiger partial charge is 0.507 e. The molecule has 1 N–H and O–H groups in total. The van der Waals surface area contributed by atoms with Crippen molar-refractivity contribution >= 4 is 23.1 Å². The second-order valence-electron chi connectivity index (χ2n) is 7.78. The Kier molecular flexibility index (Phi) is 6.07. The van der Waals surface area contributed by atoms with Crippen LogP contribution >= 0.6 is 0 Å². The molecule has 3 aromatic carbocycles. The minimum Gasteiger partial charge on any atom is -0.507 e. The van der Waals surface area contributed by atoms with Gasteiger partial charge < -0.3 is 14.6 Å². The first-order chi connectivity index (χ1) is 16.4. The van der Waals surface area contributed by atoms with Gasteiger partial charge in [0.25, 0.3) is 11.7 Å². The van der Waals surface area contributed by atoms with Crippen LogP contribution < -0.4 is 14.4 Å². The summed E-state index contributed by atoms with van der Waals surface area (Å²) in [7, 11) is 3.09. The first-order valence-corrected chi connectivity index (χ1v) is 10.5. The average Bonchev–Trinajstić information content (AvgIpc) is 3.13. The maximum absolute atomic E-state index is 13.3. The Bertz CT molecular complexity index is 1330. The van der Waals surface area contributed by atoms with Crippen molar-refractivity contribution in [1.82, 2.24) is 0 Å². The van der Waals surface area contributed by atoms with Crippen LogP contribution in [0, 0.1) is 18.3 Å². The molecule has 0 aromatic heterocycles. The highest BCUT2D eigenvalue weighted by Crippen LogP contribution is 2.43. The third-order valence-corrected chi connectivity index (χ3v) is 5.84. The number of nitriles is 1. The highest BCUT2D eigenvalue weighted by atomic mass is 16.5. The fourth-order valence-electron chi connectivity index (χ4n) is 4.07. The molecule has 0 saturated carbocycles. The average molecular weight is 454 g/mol. The fraction of sp³-hybridized carbons (Fsp3) is 0.148. The molecule has 4 rings (SSSR count). The lowest BCUT2D eigenvalue weighted by Crippen LogP contribution is -2.29. The number of rotatable bonds is 5. The van der Waals surface area contributed by atoms with Crippen LogP contribution in [0.3, 0.4) is 0 Å². The van der Waals surface area contributed by atoms with Crippen molar-refractivity contribution in [3.63, 3.8) is 0 Å². The van der Waals surface area contributed by atoms with Gasteiger partial charge in [-0.3, -0.25) is 14.5 Å². The van der Waals surface area contributed by atoms with Gasteiger partial charge in [-0.15, -0.1) is 0 Å². The summed E-state index contributed by atoms with van der Waals surface area (Å²) < 4.78 is 10.5. The highest BCUT2D eigenvalue weighted by molar-refractivity contribution is 6.51. The Morgan fingerprint density at radius 1 is 0.941 bits per heavy atom. The number of carbonyl (C=O) groups excluding carboxylic acids is 2. The Labute approximate surface area is 197 Å². The van der Waals surface area contributed by atoms with Gasteiger partial charge in [-0.05, 0) is 72.6 Å². The minimum absolute atomic E-state index is 0.0206. The number of Topliss-reactive ketones (excluding diaryl/α,β-unsaturated/α-hetero) is 1. The number of carbonyl (C=O) groups is 2. The minimum atomic E-state index is -0.875. The number of hydrogen-bond acceptors (Lipinski definition) is 6. The third kappa shape index (κ3) is 3.86. The normalized spacial score (nSPS) is 16.9. The SMILES string of the molecule is COc1ccc(C2/C(=C(/O)c3ccc(OC)cc3C)C(=O)C(=O)N2c2ccc(C#N)cc2)cc1. The zero-order chi connectivity index (χ0) is 24.4. The monoisotopic (exact) mass is 454 g/mol. The van der Waals surface area contributed by atoms with Crippen LogP contribution in [0.1, 0.15) is 28.3 Å². The van der Waals surface area contributed by atoms with Crippen molar-refractivity contribution in [3.8, 4) is 17.6 Å². The summed E-state index contributed by atoms with van der Waals surface area (Å²) >= 11 is 0. The van der Waals surface area contributed by atoms with Gasteiger partial charge in [-0.1, -0.05) is 12.1 Å². The highest BCUT2D eigenvalue weighted by Gasteiger charge is 2.47. The standard InChI is InChI=1S/C27H22N2O5/c1-16-14-21(34-3)12-13-22(16)25(30)23-24(18-6-10-20(33-2)11-7-18)29(27(32)26(23)31)19-8-4-17(15-28)5-9-19/h4-14,24,30H,1-3H3/b25-23-. The Morgan fingerprint density at radius 2 is 1.56 bits per heavy atom. The molecule has 1 aliphatic rings. The number of aryl methyl sites for hydroxylation is 1. The summed E-state index contributed by atoms with van der Waals surface area (Å²) in [5.74, 6) is -0.601. The van der Waals surface area contributed by atoms with Gasteiger partial charge in [0.05, 0.1) is 37.5 Å². The summed E-state index contributed by atoms with van der Waals surface area (Å²) in [5, 5.41) is 20.4. The smallest absolute Gasteiger partial charge is 0.300 e. The fourth-order valence-corrected chi connectivity index (χ4v) is 4.07. The second-order valence-corrected chi connectivity index (χ2v) is 7.78. The molecule has 1 saturated heterocycles. The van der Waals surface area contributed by atoms with E-state index >= 15 is 0 Å². The van der Waals surface area contributed by atoms with Gasteiger partial charge >= 0.3 is 0 Å². The molecule has 1 amide bonds. The summed E-state index contributed by atoms with van der Waals surface area (Å²) in [4.78, 5) is 27.8. The van der Waals surface area contributed by atoms with Crippen molar-refractivity contribution < 1.29 is 24.2 Å². The van der Waals surface area contributed by atoms with Gasteiger partial charge in [0, 0.05) is 11.3 Å². The number of aliphatic hydroxyl groups excluding tert-OH is 1. The van der Waals surface area contributed by atoms with Crippen LogP contribution in [0.5, 0.6) is 11.5 Å². The number of ether oxygens (including phenoxy) is 2. The van der Waals surface area contributed by atoms with Gasteiger partial charge in [0.15, 0.2) is 0 Å². The van der Waals surface area contributed by atoms with Gasteiger partial charge in [0.2, 0.25) is 0 Å². The molecule has 0 radical (unpaired) electrons. The van der Waals surface area contributed by atoms with E-state index in [-0.39, 0.29) is 11.3 Å². The van der Waals surface area contributed by atoms with Crippen LogP contribution in [0.25, 0.3) is 5.76 Å². The zero-order valence-electron chi connectivity index (χ0n) is 18.9. The molecule has 7 nitrogen and oxygen atoms in total. The van der Waals surface area contributed by atoms with Crippen LogP contribution in [-0.4, -0.2) is 31.0 Å². The first-order valence-electron chi connectivity index (χ1n) is 10.5. The van der Waals surface area contributed by atoms with E-state index in [0.717, 1.165) is 0 Å². The summed E-state index contributed by atoms with van der Waals surface area (Å²) in [5.41, 5.74) is 2.58. The Balaban J connectivity index is 1.93. The van der Waals surface area contributed by atoms with E-state index < -0.39 is 17.7 Å². The molecule has 7 heteroatoms. The van der Waals surface area contributed by atoms with Crippen molar-refractivity contribution in [2.24, 2.45) is 0 Å². The Hall–Kier alpha value is -4.57. The molecular formula is C27H22N2O5. The lowest BCUT2D eigenvalue weighted by Gasteiger charge is -2.25. The number of ketones is 1. The Morgan fingerprint density at radius 3 is 2.12 bits per heavy atom. The molecular weight excluding hydrogens is 432 g/mol. The van der Waals surface area contributed by atoms with Crippen LogP contribution in [0.2, 0.25) is 0 Å². The predicted molar refractivity (Wildman–Crippen MR) is 127 cm³/mol. The molecule has 3 aromatic rings. The molecule has 1 fully saturated rings. The number of nitrogens with zero attached hydrogens (tertiary/aromatic N) is 2. The van der Waals surface area contributed by atoms with Crippen LogP contribution in [-0.2, 0) is 9.59 Å². The molecule has 1 atom stereocenters. The number of benzene rings is 3. The van der Waals surface area contributed by atoms with E-state index in [2.05, 4.69) is 0 Å². The van der Waals surface area contributed by atoms with Crippen LogP contribution in [0.15, 0.2) is 72.3 Å². The molecule has 1 aliphatic heterocycles. The lowest BCUT2D eigenvalue weighted by atomic mass is 9.93. The van der Waals surface area contributed by atoms with Crippen molar-refractivity contribution in [2.75, 3.05) is 19.1 Å². The number of aliphatic hydroxyl groups is 1. The maximum Gasteiger partial charge on any atom is 0.300 e. The topological polar surface area (TPSA) is 99.9 Å². The number of amides is 1. The van der Waals surface area contributed by atoms with Gasteiger partial charge in [-0.25, -0.2) is 0 Å². The third-order valence-electron chi connectivity index (χ3n) is 5.84. The predicted octanol–water partition coefficient (Wildman–Crippen LogP) is 4.51. The molecule has 34 heavy (non-hydrogen) atoms. The molecule has 0 bridgehead atoms. The second kappa shape index (κ2) is 9.12. The number of methoxy groups -OCH3 is 2. The quantitative estimate of drug-likeness (QED) is 0.346. The van der Waals surface area contributed by atoms with E-state index in [1.165, 1.54) is 4.90 Å². The lowest BCUT2D eigenvalue weighted by molar-refractivity contribution is -0.132. The molecule has 1 unspecified atom stereocenters. The molecule has 170 valence electrons. The zero-order valence-corrected chi connectivity index (χ0v) is 18.9. The molecule has 1 heterocycles.